The van der Waals surface area contributed by atoms with Crippen LogP contribution in [0.25, 0.3) is 0 Å². The van der Waals surface area contributed by atoms with Crippen molar-refractivity contribution >= 4 is 21.6 Å². The minimum Gasteiger partial charge on any atom is -0.507 e. The third kappa shape index (κ3) is 3.26. The van der Waals surface area contributed by atoms with E-state index in [4.69, 9.17) is 11.6 Å². The summed E-state index contributed by atoms with van der Waals surface area (Å²) in [4.78, 5) is -0.151. The van der Waals surface area contributed by atoms with Gasteiger partial charge in [-0.05, 0) is 23.8 Å². The zero-order valence-electron chi connectivity index (χ0n) is 9.88. The lowest BCUT2D eigenvalue weighted by Gasteiger charge is -2.09. The minimum absolute atomic E-state index is 0.0658. The van der Waals surface area contributed by atoms with Crippen LogP contribution in [-0.4, -0.2) is 13.5 Å². The van der Waals surface area contributed by atoms with Crippen LogP contribution in [-0.2, 0) is 16.6 Å². The SMILES string of the molecule is O=S(=O)(NCc1ccccc1Cl)c1ccccc1O. The van der Waals surface area contributed by atoms with Gasteiger partial charge in [-0.1, -0.05) is 41.9 Å². The second kappa shape index (κ2) is 5.61. The highest BCUT2D eigenvalue weighted by Crippen LogP contribution is 2.22. The average Bonchev–Trinajstić information content (AvgIpc) is 2.38. The summed E-state index contributed by atoms with van der Waals surface area (Å²) in [5.74, 6) is -0.283. The van der Waals surface area contributed by atoms with Crippen molar-refractivity contribution in [2.24, 2.45) is 0 Å². The fourth-order valence-electron chi connectivity index (χ4n) is 1.58. The molecule has 0 bridgehead atoms. The molecule has 0 saturated heterocycles. The molecule has 2 rings (SSSR count). The molecule has 4 nitrogen and oxygen atoms in total. The van der Waals surface area contributed by atoms with Gasteiger partial charge in [-0.15, -0.1) is 0 Å². The van der Waals surface area contributed by atoms with E-state index >= 15 is 0 Å². The van der Waals surface area contributed by atoms with Gasteiger partial charge in [0.1, 0.15) is 10.6 Å². The van der Waals surface area contributed by atoms with Crippen molar-refractivity contribution in [2.75, 3.05) is 0 Å². The molecule has 0 unspecified atom stereocenters. The van der Waals surface area contributed by atoms with Gasteiger partial charge in [0, 0.05) is 11.6 Å². The van der Waals surface area contributed by atoms with E-state index in [1.807, 2.05) is 0 Å². The number of aromatic hydroxyl groups is 1. The van der Waals surface area contributed by atoms with Gasteiger partial charge in [0.25, 0.3) is 0 Å². The molecule has 0 heterocycles. The zero-order valence-corrected chi connectivity index (χ0v) is 11.4. The van der Waals surface area contributed by atoms with E-state index in [0.717, 1.165) is 0 Å². The fourth-order valence-corrected chi connectivity index (χ4v) is 2.88. The first-order chi connectivity index (χ1) is 9.00. The van der Waals surface area contributed by atoms with Crippen LogP contribution in [0, 0.1) is 0 Å². The van der Waals surface area contributed by atoms with E-state index < -0.39 is 10.0 Å². The molecule has 0 atom stereocenters. The van der Waals surface area contributed by atoms with Crippen LogP contribution >= 0.6 is 11.6 Å². The molecule has 0 fully saturated rings. The third-order valence-corrected chi connectivity index (χ3v) is 4.38. The predicted octanol–water partition coefficient (Wildman–Crippen LogP) is 2.52. The molecule has 0 amide bonds. The normalized spacial score (nSPS) is 11.4. The minimum atomic E-state index is -3.76. The summed E-state index contributed by atoms with van der Waals surface area (Å²) in [6.07, 6.45) is 0. The first kappa shape index (κ1) is 13.9. The molecule has 0 aliphatic heterocycles. The Bertz CT molecular complexity index is 686. The monoisotopic (exact) mass is 297 g/mol. The molecule has 0 radical (unpaired) electrons. The van der Waals surface area contributed by atoms with Crippen molar-refractivity contribution in [3.8, 4) is 5.75 Å². The molecular weight excluding hydrogens is 286 g/mol. The smallest absolute Gasteiger partial charge is 0.244 e. The van der Waals surface area contributed by atoms with Gasteiger partial charge in [-0.2, -0.15) is 0 Å². The van der Waals surface area contributed by atoms with Crippen LogP contribution in [0.3, 0.4) is 0 Å². The molecule has 0 spiro atoms. The van der Waals surface area contributed by atoms with Crippen LogP contribution in [0.2, 0.25) is 5.02 Å². The van der Waals surface area contributed by atoms with Gasteiger partial charge in [-0.25, -0.2) is 13.1 Å². The Labute approximate surface area is 116 Å². The standard InChI is InChI=1S/C13H12ClNO3S/c14-11-6-2-1-5-10(11)9-15-19(17,18)13-8-4-3-7-12(13)16/h1-8,15-16H,9H2. The van der Waals surface area contributed by atoms with Crippen molar-refractivity contribution in [1.82, 2.24) is 4.72 Å². The predicted molar refractivity (Wildman–Crippen MR) is 73.6 cm³/mol. The summed E-state index contributed by atoms with van der Waals surface area (Å²) < 4.78 is 26.4. The van der Waals surface area contributed by atoms with Gasteiger partial charge >= 0.3 is 0 Å². The van der Waals surface area contributed by atoms with E-state index in [1.54, 1.807) is 36.4 Å². The first-order valence-corrected chi connectivity index (χ1v) is 7.38. The average molecular weight is 298 g/mol. The highest BCUT2D eigenvalue weighted by Gasteiger charge is 2.17. The number of hydrogen-bond donors (Lipinski definition) is 2. The Morgan fingerprint density at radius 1 is 1.05 bits per heavy atom. The second-order valence-electron chi connectivity index (χ2n) is 3.88. The highest BCUT2D eigenvalue weighted by atomic mass is 35.5. The Balaban J connectivity index is 2.20. The van der Waals surface area contributed by atoms with Crippen molar-refractivity contribution < 1.29 is 13.5 Å². The molecule has 2 N–H and O–H groups in total. The van der Waals surface area contributed by atoms with Crippen molar-refractivity contribution in [2.45, 2.75) is 11.4 Å². The van der Waals surface area contributed by atoms with Gasteiger partial charge in [0.2, 0.25) is 10.0 Å². The summed E-state index contributed by atoms with van der Waals surface area (Å²) in [5.41, 5.74) is 0.670. The quantitative estimate of drug-likeness (QED) is 0.911. The first-order valence-electron chi connectivity index (χ1n) is 5.52. The van der Waals surface area contributed by atoms with E-state index in [-0.39, 0.29) is 17.2 Å². The number of hydrogen-bond acceptors (Lipinski definition) is 3. The molecule has 100 valence electrons. The van der Waals surface area contributed by atoms with E-state index in [2.05, 4.69) is 4.72 Å². The maximum absolute atomic E-state index is 12.0. The zero-order chi connectivity index (χ0) is 13.9. The van der Waals surface area contributed by atoms with Gasteiger partial charge in [0.05, 0.1) is 0 Å². The lowest BCUT2D eigenvalue weighted by atomic mass is 10.2. The summed E-state index contributed by atoms with van der Waals surface area (Å²) in [5, 5.41) is 10.0. The third-order valence-electron chi connectivity index (χ3n) is 2.57. The van der Waals surface area contributed by atoms with E-state index in [0.29, 0.717) is 10.6 Å². The van der Waals surface area contributed by atoms with Crippen LogP contribution < -0.4 is 4.72 Å². The van der Waals surface area contributed by atoms with E-state index in [9.17, 15) is 13.5 Å². The number of benzene rings is 2. The number of para-hydroxylation sites is 1. The topological polar surface area (TPSA) is 66.4 Å². The largest absolute Gasteiger partial charge is 0.507 e. The van der Waals surface area contributed by atoms with Crippen molar-refractivity contribution in [3.63, 3.8) is 0 Å². The number of halogens is 1. The fraction of sp³-hybridized carbons (Fsp3) is 0.0769. The summed E-state index contributed by atoms with van der Waals surface area (Å²) in [6, 6.07) is 12.7. The van der Waals surface area contributed by atoms with Gasteiger partial charge < -0.3 is 5.11 Å². The molecule has 19 heavy (non-hydrogen) atoms. The molecule has 2 aromatic rings. The highest BCUT2D eigenvalue weighted by molar-refractivity contribution is 7.89. The Hall–Kier alpha value is -1.56. The van der Waals surface area contributed by atoms with Gasteiger partial charge in [0.15, 0.2) is 0 Å². The number of nitrogens with one attached hydrogen (secondary N) is 1. The summed E-state index contributed by atoms with van der Waals surface area (Å²) in [7, 11) is -3.76. The Morgan fingerprint density at radius 2 is 1.68 bits per heavy atom. The van der Waals surface area contributed by atoms with E-state index in [1.165, 1.54) is 12.1 Å². The molecule has 0 aliphatic carbocycles. The lowest BCUT2D eigenvalue weighted by Crippen LogP contribution is -2.23. The molecule has 6 heteroatoms. The van der Waals surface area contributed by atoms with Crippen LogP contribution in [0.4, 0.5) is 0 Å². The molecule has 2 aromatic carbocycles. The van der Waals surface area contributed by atoms with Crippen molar-refractivity contribution in [1.29, 1.82) is 0 Å². The second-order valence-corrected chi connectivity index (χ2v) is 6.03. The summed E-state index contributed by atoms with van der Waals surface area (Å²) in [6.45, 7) is 0.0658. The lowest BCUT2D eigenvalue weighted by molar-refractivity contribution is 0.458. The maximum Gasteiger partial charge on any atom is 0.244 e. The molecule has 0 aromatic heterocycles. The Morgan fingerprint density at radius 3 is 2.37 bits per heavy atom. The maximum atomic E-state index is 12.0. The van der Waals surface area contributed by atoms with Crippen LogP contribution in [0.15, 0.2) is 53.4 Å². The number of rotatable bonds is 4. The molecule has 0 aliphatic rings. The number of phenols is 1. The summed E-state index contributed by atoms with van der Waals surface area (Å²) >= 11 is 5.95. The molecular formula is C13H12ClNO3S. The Kier molecular flexibility index (Phi) is 4.09. The van der Waals surface area contributed by atoms with Crippen LogP contribution in [0.5, 0.6) is 5.75 Å². The van der Waals surface area contributed by atoms with Crippen molar-refractivity contribution in [3.05, 3.63) is 59.1 Å². The molecule has 0 saturated carbocycles. The number of phenolic OH excluding ortho intramolecular Hbond substituents is 1. The van der Waals surface area contributed by atoms with Gasteiger partial charge in [-0.3, -0.25) is 0 Å². The number of sulfonamides is 1. The van der Waals surface area contributed by atoms with Crippen LogP contribution in [0.1, 0.15) is 5.56 Å².